The van der Waals surface area contributed by atoms with E-state index in [1.807, 2.05) is 0 Å². The zero-order valence-corrected chi connectivity index (χ0v) is 17.9. The van der Waals surface area contributed by atoms with E-state index < -0.39 is 21.8 Å². The molecule has 2 amide bonds. The van der Waals surface area contributed by atoms with Crippen molar-refractivity contribution < 1.29 is 23.1 Å². The van der Waals surface area contributed by atoms with E-state index in [0.29, 0.717) is 18.0 Å². The summed E-state index contributed by atoms with van der Waals surface area (Å²) in [6.45, 7) is 0.586. The van der Waals surface area contributed by atoms with Crippen molar-refractivity contribution in [2.24, 2.45) is 0 Å². The zero-order chi connectivity index (χ0) is 20.3. The van der Waals surface area contributed by atoms with E-state index in [4.69, 9.17) is 0 Å². The Morgan fingerprint density at radius 3 is 2.54 bits per heavy atom. The summed E-state index contributed by atoms with van der Waals surface area (Å²) in [5.41, 5.74) is -0.0293. The number of amides is 2. The van der Waals surface area contributed by atoms with Crippen molar-refractivity contribution in [2.45, 2.75) is 17.7 Å². The Labute approximate surface area is 174 Å². The molecule has 0 aliphatic carbocycles. The minimum absolute atomic E-state index is 0.00466. The van der Waals surface area contributed by atoms with Gasteiger partial charge in [-0.3, -0.25) is 9.59 Å². The highest BCUT2D eigenvalue weighted by molar-refractivity contribution is 9.11. The zero-order valence-electron chi connectivity index (χ0n) is 14.6. The fourth-order valence-corrected chi connectivity index (χ4v) is 5.58. The molecule has 0 spiro atoms. The van der Waals surface area contributed by atoms with Crippen LogP contribution in [0.5, 0.6) is 5.75 Å². The number of sulfonamides is 1. The molecule has 2 heterocycles. The monoisotopic (exact) mass is 487 g/mol. The largest absolute Gasteiger partial charge is 0.506 e. The fourth-order valence-electron chi connectivity index (χ4n) is 2.73. The van der Waals surface area contributed by atoms with Gasteiger partial charge in [-0.15, -0.1) is 11.3 Å². The lowest BCUT2D eigenvalue weighted by Gasteiger charge is -2.16. The smallest absolute Gasteiger partial charge is 0.261 e. The number of aromatic hydroxyl groups is 1. The molecule has 11 heteroatoms. The second-order valence-electron chi connectivity index (χ2n) is 6.12. The summed E-state index contributed by atoms with van der Waals surface area (Å²) in [7, 11) is -3.68. The Hall–Kier alpha value is -1.95. The van der Waals surface area contributed by atoms with Crippen LogP contribution < -0.4 is 10.6 Å². The Morgan fingerprint density at radius 2 is 1.89 bits per heavy atom. The molecular formula is C17H18BrN3O5S2. The number of carbonyl (C=O) groups excluding carboxylic acids is 2. The molecule has 8 nitrogen and oxygen atoms in total. The summed E-state index contributed by atoms with van der Waals surface area (Å²) in [5, 5.41) is 14.9. The normalized spacial score (nSPS) is 14.8. The number of phenols is 1. The standard InChI is InChI=1S/C17H18BrN3O5S2/c18-15-6-5-14(27-15)17(24)19-10-16(23)20-12-9-11(3-4-13(12)22)28(25,26)21-7-1-2-8-21/h3-6,9,22H,1-2,7-8,10H2,(H,19,24)(H,20,23). The second-order valence-corrected chi connectivity index (χ2v) is 10.5. The number of nitrogens with zero attached hydrogens (tertiary/aromatic N) is 1. The van der Waals surface area contributed by atoms with Crippen LogP contribution in [0.25, 0.3) is 0 Å². The summed E-state index contributed by atoms with van der Waals surface area (Å²) in [4.78, 5) is 24.5. The summed E-state index contributed by atoms with van der Waals surface area (Å²) in [5.74, 6) is -1.25. The molecule has 0 unspecified atom stereocenters. The first-order valence-corrected chi connectivity index (χ1v) is 11.5. The van der Waals surface area contributed by atoms with Crippen LogP contribution in [0.1, 0.15) is 22.5 Å². The first-order chi connectivity index (χ1) is 13.3. The van der Waals surface area contributed by atoms with Crippen molar-refractivity contribution in [2.75, 3.05) is 25.0 Å². The van der Waals surface area contributed by atoms with Gasteiger partial charge in [0, 0.05) is 13.1 Å². The quantitative estimate of drug-likeness (QED) is 0.540. The number of nitrogens with one attached hydrogen (secondary N) is 2. The van der Waals surface area contributed by atoms with E-state index in [2.05, 4.69) is 26.6 Å². The van der Waals surface area contributed by atoms with Crippen LogP contribution in [-0.4, -0.2) is 49.3 Å². The third-order valence-corrected chi connectivity index (χ3v) is 7.67. The van der Waals surface area contributed by atoms with Gasteiger partial charge in [-0.25, -0.2) is 8.42 Å². The van der Waals surface area contributed by atoms with E-state index in [0.717, 1.165) is 16.6 Å². The van der Waals surface area contributed by atoms with Gasteiger partial charge in [-0.2, -0.15) is 4.31 Å². The highest BCUT2D eigenvalue weighted by Crippen LogP contribution is 2.29. The molecule has 0 atom stereocenters. The van der Waals surface area contributed by atoms with E-state index in [9.17, 15) is 23.1 Å². The highest BCUT2D eigenvalue weighted by atomic mass is 79.9. The molecule has 0 bridgehead atoms. The Balaban J connectivity index is 1.66. The van der Waals surface area contributed by atoms with Gasteiger partial charge in [0.1, 0.15) is 5.75 Å². The van der Waals surface area contributed by atoms with Crippen molar-refractivity contribution in [3.05, 3.63) is 39.0 Å². The fraction of sp³-hybridized carbons (Fsp3) is 0.294. The van der Waals surface area contributed by atoms with Gasteiger partial charge in [0.25, 0.3) is 5.91 Å². The SMILES string of the molecule is O=C(CNC(=O)c1ccc(Br)s1)Nc1cc(S(=O)(=O)N2CCCC2)ccc1O. The van der Waals surface area contributed by atoms with Gasteiger partial charge in [-0.05, 0) is 59.1 Å². The van der Waals surface area contributed by atoms with Crippen LogP contribution in [0.4, 0.5) is 5.69 Å². The summed E-state index contributed by atoms with van der Waals surface area (Å²) in [6.07, 6.45) is 1.61. The minimum atomic E-state index is -3.68. The van der Waals surface area contributed by atoms with Gasteiger partial charge < -0.3 is 15.7 Å². The predicted molar refractivity (Wildman–Crippen MR) is 109 cm³/mol. The maximum atomic E-state index is 12.6. The van der Waals surface area contributed by atoms with Crippen molar-refractivity contribution in [1.29, 1.82) is 0 Å². The van der Waals surface area contributed by atoms with E-state index in [1.54, 1.807) is 12.1 Å². The molecule has 2 aromatic rings. The van der Waals surface area contributed by atoms with Crippen LogP contribution in [0.3, 0.4) is 0 Å². The van der Waals surface area contributed by atoms with Gasteiger partial charge >= 0.3 is 0 Å². The van der Waals surface area contributed by atoms with Crippen molar-refractivity contribution in [3.63, 3.8) is 0 Å². The number of phenolic OH excluding ortho intramolecular Hbond substituents is 1. The van der Waals surface area contributed by atoms with Gasteiger partial charge in [0.05, 0.1) is 25.8 Å². The topological polar surface area (TPSA) is 116 Å². The van der Waals surface area contributed by atoms with Crippen LogP contribution in [0.2, 0.25) is 0 Å². The Morgan fingerprint density at radius 1 is 1.18 bits per heavy atom. The van der Waals surface area contributed by atoms with Gasteiger partial charge in [0.15, 0.2) is 0 Å². The first kappa shape index (κ1) is 20.8. The van der Waals surface area contributed by atoms with Crippen molar-refractivity contribution >= 4 is 54.8 Å². The number of anilines is 1. The van der Waals surface area contributed by atoms with E-state index >= 15 is 0 Å². The molecule has 150 valence electrons. The molecule has 1 aromatic heterocycles. The maximum absolute atomic E-state index is 12.6. The van der Waals surface area contributed by atoms with Crippen LogP contribution >= 0.6 is 27.3 Å². The molecule has 1 fully saturated rings. The third kappa shape index (κ3) is 4.72. The van der Waals surface area contributed by atoms with Crippen LogP contribution in [-0.2, 0) is 14.8 Å². The van der Waals surface area contributed by atoms with Crippen molar-refractivity contribution in [1.82, 2.24) is 9.62 Å². The number of halogens is 1. The summed E-state index contributed by atoms with van der Waals surface area (Å²) < 4.78 is 27.4. The predicted octanol–water partition coefficient (Wildman–Crippen LogP) is 2.37. The van der Waals surface area contributed by atoms with Crippen molar-refractivity contribution in [3.8, 4) is 5.75 Å². The second kappa shape index (κ2) is 8.60. The highest BCUT2D eigenvalue weighted by Gasteiger charge is 2.28. The molecule has 0 radical (unpaired) electrons. The third-order valence-electron chi connectivity index (χ3n) is 4.15. The minimum Gasteiger partial charge on any atom is -0.506 e. The molecule has 28 heavy (non-hydrogen) atoms. The average Bonchev–Trinajstić information content (AvgIpc) is 3.33. The van der Waals surface area contributed by atoms with Crippen LogP contribution in [0, 0.1) is 0 Å². The maximum Gasteiger partial charge on any atom is 0.261 e. The van der Waals surface area contributed by atoms with Crippen LogP contribution in [0.15, 0.2) is 39.0 Å². The summed E-state index contributed by atoms with van der Waals surface area (Å²) in [6, 6.07) is 7.10. The number of rotatable bonds is 6. The number of thiophene rings is 1. The van der Waals surface area contributed by atoms with Gasteiger partial charge in [-0.1, -0.05) is 0 Å². The lowest BCUT2D eigenvalue weighted by molar-refractivity contribution is -0.115. The number of hydrogen-bond donors (Lipinski definition) is 3. The summed E-state index contributed by atoms with van der Waals surface area (Å²) >= 11 is 4.49. The molecule has 3 rings (SSSR count). The van der Waals surface area contributed by atoms with Gasteiger partial charge in [0.2, 0.25) is 15.9 Å². The molecular weight excluding hydrogens is 470 g/mol. The number of carbonyl (C=O) groups is 2. The first-order valence-electron chi connectivity index (χ1n) is 8.44. The lowest BCUT2D eigenvalue weighted by atomic mass is 10.3. The molecule has 1 aliphatic rings. The molecule has 1 aromatic carbocycles. The Kier molecular flexibility index (Phi) is 6.38. The molecule has 1 saturated heterocycles. The Bertz CT molecular complexity index is 1000. The lowest BCUT2D eigenvalue weighted by Crippen LogP contribution is -2.32. The molecule has 0 saturated carbocycles. The molecule has 1 aliphatic heterocycles. The van der Waals surface area contributed by atoms with E-state index in [-0.39, 0.29) is 22.9 Å². The number of hydrogen-bond acceptors (Lipinski definition) is 6. The van der Waals surface area contributed by atoms with E-state index in [1.165, 1.54) is 33.8 Å². The number of benzene rings is 1. The average molecular weight is 488 g/mol. The molecule has 3 N–H and O–H groups in total.